The molecule has 1 aromatic rings. The highest BCUT2D eigenvalue weighted by Gasteiger charge is 2.49. The highest BCUT2D eigenvalue weighted by Crippen LogP contribution is 2.39. The highest BCUT2D eigenvalue weighted by atomic mass is 79.9. The summed E-state index contributed by atoms with van der Waals surface area (Å²) >= 11 is 3.63. The number of ether oxygens (including phenoxy) is 5. The first-order valence-corrected chi connectivity index (χ1v) is 15.5. The Morgan fingerprint density at radius 2 is 1.31 bits per heavy atom. The smallest absolute Gasteiger partial charge is 0.117 e. The van der Waals surface area contributed by atoms with Crippen molar-refractivity contribution in [3.8, 4) is 0 Å². The Bertz CT molecular complexity index is 700. The maximum atomic E-state index is 6.89. The monoisotopic (exact) mass is 570 g/mol. The van der Waals surface area contributed by atoms with E-state index in [1.165, 1.54) is 16.7 Å². The molecule has 1 aromatic carbocycles. The number of rotatable bonds is 19. The number of aryl methyl sites for hydroxylation is 1. The van der Waals surface area contributed by atoms with Gasteiger partial charge in [0.2, 0.25) is 0 Å². The Morgan fingerprint density at radius 3 is 1.89 bits per heavy atom. The minimum absolute atomic E-state index is 0.212. The van der Waals surface area contributed by atoms with Crippen molar-refractivity contribution in [1.29, 1.82) is 0 Å². The van der Waals surface area contributed by atoms with Gasteiger partial charge in [0.25, 0.3) is 0 Å². The fraction of sp³-hybridized carbons (Fsp3) is 0.800. The fourth-order valence-electron chi connectivity index (χ4n) is 4.49. The van der Waals surface area contributed by atoms with E-state index < -0.39 is 0 Å². The van der Waals surface area contributed by atoms with Crippen LogP contribution >= 0.6 is 15.9 Å². The summed E-state index contributed by atoms with van der Waals surface area (Å²) in [6.07, 6.45) is 7.33. The maximum Gasteiger partial charge on any atom is 0.117 e. The third-order valence-electron chi connectivity index (χ3n) is 6.79. The molecule has 208 valence electrons. The number of hydrogen-bond acceptors (Lipinski definition) is 5. The summed E-state index contributed by atoms with van der Waals surface area (Å²) in [7, 11) is 0. The van der Waals surface area contributed by atoms with E-state index in [2.05, 4.69) is 68.7 Å². The van der Waals surface area contributed by atoms with Crippen LogP contribution < -0.4 is 0 Å². The van der Waals surface area contributed by atoms with Crippen LogP contribution in [0.4, 0.5) is 0 Å². The lowest BCUT2D eigenvalue weighted by atomic mass is 9.88. The van der Waals surface area contributed by atoms with Gasteiger partial charge in [-0.05, 0) is 49.3 Å². The van der Waals surface area contributed by atoms with Gasteiger partial charge in [-0.1, -0.05) is 87.5 Å². The van der Waals surface area contributed by atoms with E-state index in [0.29, 0.717) is 26.4 Å². The van der Waals surface area contributed by atoms with Crippen LogP contribution in [-0.2, 0) is 29.0 Å². The molecule has 0 aromatic heterocycles. The molecule has 6 heteroatoms. The van der Waals surface area contributed by atoms with Crippen molar-refractivity contribution in [2.45, 2.75) is 122 Å². The van der Waals surface area contributed by atoms with Crippen LogP contribution in [0.3, 0.4) is 0 Å². The summed E-state index contributed by atoms with van der Waals surface area (Å²) in [5.41, 5.74) is 3.60. The Balaban J connectivity index is 2.44. The lowest BCUT2D eigenvalue weighted by molar-refractivity contribution is -0.268. The van der Waals surface area contributed by atoms with Gasteiger partial charge < -0.3 is 23.7 Å². The molecule has 1 aliphatic rings. The predicted octanol–water partition coefficient (Wildman–Crippen LogP) is 7.70. The van der Waals surface area contributed by atoms with Crippen LogP contribution in [-0.4, -0.2) is 57.5 Å². The molecule has 2 rings (SSSR count). The molecule has 1 heterocycles. The molecule has 0 aliphatic carbocycles. The minimum Gasteiger partial charge on any atom is -0.379 e. The van der Waals surface area contributed by atoms with Crippen molar-refractivity contribution in [3.05, 3.63) is 34.9 Å². The zero-order chi connectivity index (χ0) is 26.2. The van der Waals surface area contributed by atoms with Crippen LogP contribution in [0.15, 0.2) is 18.2 Å². The van der Waals surface area contributed by atoms with Crippen LogP contribution in [0.2, 0.25) is 0 Å². The first kappa shape index (κ1) is 31.7. The summed E-state index contributed by atoms with van der Waals surface area (Å²) in [6, 6.07) is 6.60. The van der Waals surface area contributed by atoms with Gasteiger partial charge in [-0.25, -0.2) is 0 Å². The summed E-state index contributed by atoms with van der Waals surface area (Å²) < 4.78 is 32.7. The number of benzene rings is 1. The second kappa shape index (κ2) is 18.7. The van der Waals surface area contributed by atoms with Crippen LogP contribution in [0, 0.1) is 6.92 Å². The van der Waals surface area contributed by atoms with Gasteiger partial charge in [0.15, 0.2) is 0 Å². The number of hydrogen-bond donors (Lipinski definition) is 0. The van der Waals surface area contributed by atoms with Crippen molar-refractivity contribution in [2.24, 2.45) is 0 Å². The molecule has 0 spiro atoms. The van der Waals surface area contributed by atoms with Crippen molar-refractivity contribution in [2.75, 3.05) is 33.0 Å². The second-order valence-electron chi connectivity index (χ2n) is 9.92. The average Bonchev–Trinajstić information content (AvgIpc) is 2.89. The summed E-state index contributed by atoms with van der Waals surface area (Å²) in [5.74, 6) is 0. The van der Waals surface area contributed by atoms with Crippen molar-refractivity contribution in [3.63, 3.8) is 0 Å². The van der Waals surface area contributed by atoms with Crippen LogP contribution in [0.5, 0.6) is 0 Å². The average molecular weight is 572 g/mol. The van der Waals surface area contributed by atoms with E-state index in [1.54, 1.807) is 0 Å². The van der Waals surface area contributed by atoms with Crippen molar-refractivity contribution in [1.82, 2.24) is 0 Å². The number of unbranched alkanes of at least 4 members (excludes halogenated alkanes) is 4. The Kier molecular flexibility index (Phi) is 16.5. The molecule has 1 saturated heterocycles. The van der Waals surface area contributed by atoms with Gasteiger partial charge in [0.05, 0.1) is 6.61 Å². The molecule has 36 heavy (non-hydrogen) atoms. The largest absolute Gasteiger partial charge is 0.379 e. The number of alkyl halides is 1. The fourth-order valence-corrected chi connectivity index (χ4v) is 4.84. The molecule has 5 atom stereocenters. The first-order valence-electron chi connectivity index (χ1n) is 14.3. The molecular weight excluding hydrogens is 520 g/mol. The molecule has 0 unspecified atom stereocenters. The molecule has 1 aliphatic heterocycles. The van der Waals surface area contributed by atoms with Crippen LogP contribution in [0.1, 0.15) is 102 Å². The minimum atomic E-state index is -0.240. The Hall–Kier alpha value is -0.500. The number of halogens is 1. The lowest BCUT2D eigenvalue weighted by Gasteiger charge is -2.47. The van der Waals surface area contributed by atoms with Crippen LogP contribution in [0.25, 0.3) is 0 Å². The van der Waals surface area contributed by atoms with Crippen molar-refractivity contribution < 1.29 is 23.7 Å². The molecule has 0 bridgehead atoms. The van der Waals surface area contributed by atoms with E-state index >= 15 is 0 Å². The summed E-state index contributed by atoms with van der Waals surface area (Å²) in [6.45, 7) is 14.2. The Labute approximate surface area is 229 Å². The topological polar surface area (TPSA) is 46.2 Å². The second-order valence-corrected chi connectivity index (χ2v) is 10.5. The van der Waals surface area contributed by atoms with Gasteiger partial charge in [-0.15, -0.1) is 0 Å². The highest BCUT2D eigenvalue weighted by molar-refractivity contribution is 9.08. The molecule has 5 nitrogen and oxygen atoms in total. The zero-order valence-corrected chi connectivity index (χ0v) is 25.0. The molecule has 0 N–H and O–H groups in total. The van der Waals surface area contributed by atoms with Gasteiger partial charge in [0.1, 0.15) is 30.5 Å². The third-order valence-corrected chi connectivity index (χ3v) is 7.43. The van der Waals surface area contributed by atoms with Gasteiger partial charge >= 0.3 is 0 Å². The van der Waals surface area contributed by atoms with E-state index in [1.807, 2.05) is 0 Å². The zero-order valence-electron chi connectivity index (χ0n) is 23.4. The van der Waals surface area contributed by atoms with E-state index in [0.717, 1.165) is 63.3 Å². The van der Waals surface area contributed by atoms with Gasteiger partial charge in [-0.2, -0.15) is 0 Å². The first-order chi connectivity index (χ1) is 17.6. The maximum absolute atomic E-state index is 6.89. The molecule has 0 radical (unpaired) electrons. The van der Waals surface area contributed by atoms with E-state index in [9.17, 15) is 0 Å². The standard InChI is InChI=1S/C30H51BrO5/c1-6-10-16-32-22-26-28(33-17-11-7-2)30(35-19-13-9-4)29(34-18-12-8-3)27(36-26)25-20-24(21-31)15-14-23(25)5/h14-15,20,26-30H,6-13,16-19,21-22H2,1-5H3/t26-,27+,28-,29+,30+/m1/s1. The molecular formula is C30H51BrO5. The third kappa shape index (κ3) is 9.99. The summed E-state index contributed by atoms with van der Waals surface area (Å²) in [5, 5.41) is 0.803. The predicted molar refractivity (Wildman–Crippen MR) is 151 cm³/mol. The SMILES string of the molecule is CCCCOC[C@H]1O[C@@H](c2cc(CBr)ccc2C)[C@H](OCCCC)[C@@H](OCCCC)[C@@H]1OCCCC. The summed E-state index contributed by atoms with van der Waals surface area (Å²) in [4.78, 5) is 0. The molecule has 0 amide bonds. The van der Waals surface area contributed by atoms with Gasteiger partial charge in [0, 0.05) is 31.8 Å². The quantitative estimate of drug-likeness (QED) is 0.126. The molecule has 1 fully saturated rings. The lowest BCUT2D eigenvalue weighted by Crippen LogP contribution is -2.58. The Morgan fingerprint density at radius 1 is 0.750 bits per heavy atom. The van der Waals surface area contributed by atoms with E-state index in [-0.39, 0.29) is 30.5 Å². The van der Waals surface area contributed by atoms with E-state index in [4.69, 9.17) is 23.7 Å². The normalized spacial score (nSPS) is 24.3. The van der Waals surface area contributed by atoms with Gasteiger partial charge in [-0.3, -0.25) is 0 Å². The van der Waals surface area contributed by atoms with Crippen molar-refractivity contribution >= 4 is 15.9 Å². The molecule has 0 saturated carbocycles.